The number of nitrogens with zero attached hydrogens (tertiary/aromatic N) is 1. The fraction of sp³-hybridized carbons (Fsp3) is 0.615. The van der Waals surface area contributed by atoms with Crippen LogP contribution in [0.3, 0.4) is 0 Å². The Morgan fingerprint density at radius 1 is 1.35 bits per heavy atom. The summed E-state index contributed by atoms with van der Waals surface area (Å²) in [5.74, 6) is 0.112. The van der Waals surface area contributed by atoms with E-state index in [4.69, 9.17) is 0 Å². The summed E-state index contributed by atoms with van der Waals surface area (Å²) in [7, 11) is 3.57. The first-order chi connectivity index (χ1) is 7.82. The fourth-order valence-corrected chi connectivity index (χ4v) is 3.03. The van der Waals surface area contributed by atoms with Crippen LogP contribution in [0.1, 0.15) is 35.2 Å². The second-order valence-corrected chi connectivity index (χ2v) is 6.17. The molecule has 0 aliphatic rings. The maximum absolute atomic E-state index is 11.8. The molecule has 0 aliphatic heterocycles. The van der Waals surface area contributed by atoms with Gasteiger partial charge < -0.3 is 4.90 Å². The Morgan fingerprint density at radius 2 is 1.94 bits per heavy atom. The number of nitrogens with one attached hydrogen (secondary N) is 1. The van der Waals surface area contributed by atoms with Crippen molar-refractivity contribution in [2.24, 2.45) is 0 Å². The Balaban J connectivity index is 2.69. The van der Waals surface area contributed by atoms with E-state index in [2.05, 4.69) is 32.2 Å². The highest BCUT2D eigenvalue weighted by Crippen LogP contribution is 2.26. The van der Waals surface area contributed by atoms with Gasteiger partial charge in [-0.25, -0.2) is 0 Å². The second-order valence-electron chi connectivity index (χ2n) is 4.71. The Kier molecular flexibility index (Phi) is 4.71. The highest BCUT2D eigenvalue weighted by molar-refractivity contribution is 7.12. The molecule has 2 unspecified atom stereocenters. The summed E-state index contributed by atoms with van der Waals surface area (Å²) in [5.41, 5.74) is 1.30. The molecule has 0 radical (unpaired) electrons. The van der Waals surface area contributed by atoms with E-state index < -0.39 is 0 Å². The second kappa shape index (κ2) is 5.65. The van der Waals surface area contributed by atoms with Gasteiger partial charge in [-0.2, -0.15) is 0 Å². The molecular weight excluding hydrogens is 232 g/mol. The van der Waals surface area contributed by atoms with Crippen molar-refractivity contribution in [3.05, 3.63) is 21.4 Å². The molecule has 96 valence electrons. The van der Waals surface area contributed by atoms with Crippen molar-refractivity contribution < 1.29 is 4.79 Å². The zero-order valence-corrected chi connectivity index (χ0v) is 12.3. The quantitative estimate of drug-likeness (QED) is 0.895. The van der Waals surface area contributed by atoms with Crippen molar-refractivity contribution in [1.82, 2.24) is 10.2 Å². The normalized spacial score (nSPS) is 14.5. The van der Waals surface area contributed by atoms with Gasteiger partial charge in [-0.1, -0.05) is 0 Å². The molecule has 1 N–H and O–H groups in total. The molecule has 4 heteroatoms. The molecule has 17 heavy (non-hydrogen) atoms. The van der Waals surface area contributed by atoms with Crippen LogP contribution in [0.2, 0.25) is 0 Å². The zero-order valence-electron chi connectivity index (χ0n) is 11.5. The van der Waals surface area contributed by atoms with Crippen molar-refractivity contribution >= 4 is 17.2 Å². The Morgan fingerprint density at radius 3 is 2.35 bits per heavy atom. The molecule has 1 aromatic rings. The summed E-state index contributed by atoms with van der Waals surface area (Å²) in [6.07, 6.45) is 0. The third-order valence-corrected chi connectivity index (χ3v) is 3.84. The van der Waals surface area contributed by atoms with Crippen molar-refractivity contribution in [2.45, 2.75) is 39.8 Å². The van der Waals surface area contributed by atoms with Crippen molar-refractivity contribution in [3.63, 3.8) is 0 Å². The minimum atomic E-state index is -0.153. The molecule has 1 heterocycles. The van der Waals surface area contributed by atoms with Crippen LogP contribution in [-0.4, -0.2) is 30.9 Å². The largest absolute Gasteiger partial charge is 0.347 e. The minimum Gasteiger partial charge on any atom is -0.347 e. The molecule has 0 aromatic carbocycles. The Labute approximate surface area is 108 Å². The SMILES string of the molecule is Cc1cc(C(C)NC(C)C(=O)N(C)C)c(C)s1. The molecule has 0 aliphatic carbocycles. The lowest BCUT2D eigenvalue weighted by Gasteiger charge is -2.22. The van der Waals surface area contributed by atoms with Gasteiger partial charge in [0.05, 0.1) is 6.04 Å². The first-order valence-corrected chi connectivity index (χ1v) is 6.68. The molecule has 1 aromatic heterocycles. The average molecular weight is 254 g/mol. The van der Waals surface area contributed by atoms with Gasteiger partial charge in [-0.3, -0.25) is 10.1 Å². The summed E-state index contributed by atoms with van der Waals surface area (Å²) < 4.78 is 0. The average Bonchev–Trinajstić information content (AvgIpc) is 2.56. The van der Waals surface area contributed by atoms with E-state index in [1.54, 1.807) is 30.3 Å². The molecule has 0 fully saturated rings. The molecule has 2 atom stereocenters. The molecule has 0 saturated heterocycles. The number of carbonyl (C=O) groups is 1. The van der Waals surface area contributed by atoms with Gasteiger partial charge in [-0.05, 0) is 39.3 Å². The Bertz CT molecular complexity index is 398. The molecule has 0 spiro atoms. The Hall–Kier alpha value is -0.870. The zero-order chi connectivity index (χ0) is 13.2. The topological polar surface area (TPSA) is 32.3 Å². The van der Waals surface area contributed by atoms with Crippen LogP contribution in [0.5, 0.6) is 0 Å². The predicted octanol–water partition coefficient (Wildman–Crippen LogP) is 2.49. The van der Waals surface area contributed by atoms with Crippen molar-refractivity contribution in [2.75, 3.05) is 14.1 Å². The van der Waals surface area contributed by atoms with Crippen LogP contribution >= 0.6 is 11.3 Å². The number of rotatable bonds is 4. The van der Waals surface area contributed by atoms with Gasteiger partial charge in [0, 0.05) is 29.9 Å². The third-order valence-electron chi connectivity index (χ3n) is 2.86. The smallest absolute Gasteiger partial charge is 0.238 e. The fourth-order valence-electron chi connectivity index (χ4n) is 2.00. The van der Waals surface area contributed by atoms with Crippen LogP contribution in [0.15, 0.2) is 6.07 Å². The molecule has 1 amide bonds. The van der Waals surface area contributed by atoms with Gasteiger partial charge in [0.25, 0.3) is 0 Å². The van der Waals surface area contributed by atoms with E-state index >= 15 is 0 Å². The summed E-state index contributed by atoms with van der Waals surface area (Å²) in [5, 5.41) is 3.35. The van der Waals surface area contributed by atoms with Crippen molar-refractivity contribution in [1.29, 1.82) is 0 Å². The first kappa shape index (κ1) is 14.2. The number of hydrogen-bond donors (Lipinski definition) is 1. The van der Waals surface area contributed by atoms with E-state index in [0.717, 1.165) is 0 Å². The van der Waals surface area contributed by atoms with Gasteiger partial charge in [-0.15, -0.1) is 11.3 Å². The predicted molar refractivity (Wildman–Crippen MR) is 73.5 cm³/mol. The van der Waals surface area contributed by atoms with Crippen LogP contribution in [-0.2, 0) is 4.79 Å². The van der Waals surface area contributed by atoms with Crippen molar-refractivity contribution in [3.8, 4) is 0 Å². The van der Waals surface area contributed by atoms with Crippen LogP contribution in [0.25, 0.3) is 0 Å². The summed E-state index contributed by atoms with van der Waals surface area (Å²) in [4.78, 5) is 16.0. The summed E-state index contributed by atoms with van der Waals surface area (Å²) in [6, 6.07) is 2.25. The van der Waals surface area contributed by atoms with E-state index in [9.17, 15) is 4.79 Å². The number of carbonyl (C=O) groups excluding carboxylic acids is 1. The summed E-state index contributed by atoms with van der Waals surface area (Å²) in [6.45, 7) is 8.26. The van der Waals surface area contributed by atoms with E-state index in [1.165, 1.54) is 15.3 Å². The standard InChI is InChI=1S/C13H22N2OS/c1-8-7-12(11(4)17-8)9(2)14-10(3)13(16)15(5)6/h7,9-10,14H,1-6H3. The van der Waals surface area contributed by atoms with Crippen LogP contribution in [0, 0.1) is 13.8 Å². The number of likely N-dealkylation sites (N-methyl/N-ethyl adjacent to an activating group) is 1. The van der Waals surface area contributed by atoms with Gasteiger partial charge in [0.2, 0.25) is 5.91 Å². The maximum Gasteiger partial charge on any atom is 0.238 e. The van der Waals surface area contributed by atoms with Gasteiger partial charge >= 0.3 is 0 Å². The minimum absolute atomic E-state index is 0.112. The number of hydrogen-bond acceptors (Lipinski definition) is 3. The van der Waals surface area contributed by atoms with Crippen LogP contribution < -0.4 is 5.32 Å². The molecule has 0 saturated carbocycles. The number of amides is 1. The lowest BCUT2D eigenvalue weighted by molar-refractivity contribution is -0.130. The number of aryl methyl sites for hydroxylation is 2. The maximum atomic E-state index is 11.8. The molecule has 3 nitrogen and oxygen atoms in total. The highest BCUT2D eigenvalue weighted by atomic mass is 32.1. The molecule has 0 bridgehead atoms. The van der Waals surface area contributed by atoms with E-state index in [1.807, 2.05) is 6.92 Å². The van der Waals surface area contributed by atoms with E-state index in [0.29, 0.717) is 0 Å². The highest BCUT2D eigenvalue weighted by Gasteiger charge is 2.19. The molecular formula is C13H22N2OS. The van der Waals surface area contributed by atoms with E-state index in [-0.39, 0.29) is 18.0 Å². The first-order valence-electron chi connectivity index (χ1n) is 5.87. The molecule has 1 rings (SSSR count). The summed E-state index contributed by atoms with van der Waals surface area (Å²) >= 11 is 1.80. The van der Waals surface area contributed by atoms with Gasteiger partial charge in [0.1, 0.15) is 0 Å². The third kappa shape index (κ3) is 3.54. The van der Waals surface area contributed by atoms with Gasteiger partial charge in [0.15, 0.2) is 0 Å². The number of thiophene rings is 1. The monoisotopic (exact) mass is 254 g/mol. The lowest BCUT2D eigenvalue weighted by Crippen LogP contribution is -2.42. The van der Waals surface area contributed by atoms with Crippen LogP contribution in [0.4, 0.5) is 0 Å². The lowest BCUT2D eigenvalue weighted by atomic mass is 10.1.